The van der Waals surface area contributed by atoms with E-state index in [0.717, 1.165) is 48.7 Å². The molecule has 29 heavy (non-hydrogen) atoms. The first-order chi connectivity index (χ1) is 14.0. The number of piperidine rings is 1. The van der Waals surface area contributed by atoms with E-state index in [1.165, 1.54) is 5.56 Å². The summed E-state index contributed by atoms with van der Waals surface area (Å²) in [5, 5.41) is 4.63. The third-order valence-electron chi connectivity index (χ3n) is 6.35. The minimum Gasteiger partial charge on any atom is -0.359 e. The topological polar surface area (TPSA) is 69.7 Å². The lowest BCUT2D eigenvalue weighted by atomic mass is 9.85. The van der Waals surface area contributed by atoms with Crippen LogP contribution in [0.15, 0.2) is 30.3 Å². The van der Waals surface area contributed by atoms with Crippen LogP contribution in [0.3, 0.4) is 0 Å². The molecular weight excluding hydrogens is 366 g/mol. The van der Waals surface area contributed by atoms with Crippen molar-refractivity contribution in [3.63, 3.8) is 0 Å². The number of nitrogens with one attached hydrogen (secondary N) is 1. The Bertz CT molecular complexity index is 963. The number of hydrogen-bond donors (Lipinski definition) is 1. The minimum atomic E-state index is -0.649. The van der Waals surface area contributed by atoms with Crippen molar-refractivity contribution < 1.29 is 14.4 Å². The highest BCUT2D eigenvalue weighted by Crippen LogP contribution is 2.43. The van der Waals surface area contributed by atoms with Gasteiger partial charge in [0.1, 0.15) is 6.29 Å². The number of carbonyl (C=O) groups is 3. The van der Waals surface area contributed by atoms with Crippen LogP contribution < -0.4 is 10.2 Å². The fraction of sp³-hybridized carbons (Fsp3) is 0.435. The number of aldehydes is 1. The summed E-state index contributed by atoms with van der Waals surface area (Å²) >= 11 is 0. The highest BCUT2D eigenvalue weighted by Gasteiger charge is 2.36. The number of anilines is 1. The predicted molar refractivity (Wildman–Crippen MR) is 113 cm³/mol. The van der Waals surface area contributed by atoms with Crippen molar-refractivity contribution in [1.29, 1.82) is 0 Å². The highest BCUT2D eigenvalue weighted by molar-refractivity contribution is 6.26. The zero-order chi connectivity index (χ0) is 20.5. The number of likely N-dealkylation sites (tertiary alicyclic amines) is 1. The molecule has 0 aromatic heterocycles. The van der Waals surface area contributed by atoms with E-state index in [-0.39, 0.29) is 18.2 Å². The van der Waals surface area contributed by atoms with Crippen LogP contribution in [0.4, 0.5) is 5.69 Å². The van der Waals surface area contributed by atoms with E-state index in [9.17, 15) is 14.4 Å². The number of nitrogens with zero attached hydrogens (tertiary/aromatic N) is 2. The van der Waals surface area contributed by atoms with E-state index in [4.69, 9.17) is 0 Å². The highest BCUT2D eigenvalue weighted by atomic mass is 16.2. The normalized spacial score (nSPS) is 18.3. The molecule has 0 saturated carbocycles. The molecule has 2 aromatic carbocycles. The molecule has 0 radical (unpaired) electrons. The number of benzene rings is 2. The second kappa shape index (κ2) is 7.95. The molecule has 6 heteroatoms. The van der Waals surface area contributed by atoms with Crippen LogP contribution in [0.2, 0.25) is 0 Å². The van der Waals surface area contributed by atoms with Gasteiger partial charge in [-0.15, -0.1) is 0 Å². The summed E-state index contributed by atoms with van der Waals surface area (Å²) in [6, 6.07) is 9.33. The third kappa shape index (κ3) is 3.42. The standard InChI is InChI=1S/C23H27N3O3/c1-24-21(28)9-6-16(14-27)26-20-8-7-17(15-10-12-25(2)13-11-15)18-4-3-5-19(22(18)20)23(26)29/h3-5,7-8,14-16H,6,9-13H2,1-2H3,(H,24,28). The van der Waals surface area contributed by atoms with Gasteiger partial charge >= 0.3 is 0 Å². The van der Waals surface area contributed by atoms with Gasteiger partial charge in [-0.3, -0.25) is 14.5 Å². The lowest BCUT2D eigenvalue weighted by Crippen LogP contribution is -2.39. The Morgan fingerprint density at radius 2 is 2.00 bits per heavy atom. The van der Waals surface area contributed by atoms with Gasteiger partial charge in [-0.2, -0.15) is 0 Å². The summed E-state index contributed by atoms with van der Waals surface area (Å²) in [5.41, 5.74) is 2.73. The SMILES string of the molecule is CNC(=O)CCC(C=O)N1C(=O)c2cccc3c(C4CCN(C)CC4)ccc1c23. The van der Waals surface area contributed by atoms with Crippen LogP contribution >= 0.6 is 0 Å². The largest absolute Gasteiger partial charge is 0.359 e. The molecular formula is C23H27N3O3. The van der Waals surface area contributed by atoms with E-state index < -0.39 is 6.04 Å². The minimum absolute atomic E-state index is 0.135. The van der Waals surface area contributed by atoms with E-state index in [0.29, 0.717) is 17.9 Å². The molecule has 6 nitrogen and oxygen atoms in total. The van der Waals surface area contributed by atoms with Gasteiger partial charge in [0.25, 0.3) is 5.91 Å². The molecule has 2 heterocycles. The van der Waals surface area contributed by atoms with Crippen LogP contribution in [0.25, 0.3) is 10.8 Å². The average molecular weight is 393 g/mol. The molecule has 2 aliphatic rings. The Morgan fingerprint density at radius 1 is 1.24 bits per heavy atom. The zero-order valence-corrected chi connectivity index (χ0v) is 17.0. The van der Waals surface area contributed by atoms with Crippen molar-refractivity contribution in [3.8, 4) is 0 Å². The molecule has 0 aliphatic carbocycles. The van der Waals surface area contributed by atoms with Gasteiger partial charge in [-0.05, 0) is 68.4 Å². The summed E-state index contributed by atoms with van der Waals surface area (Å²) < 4.78 is 0. The molecule has 1 unspecified atom stereocenters. The Morgan fingerprint density at radius 3 is 2.69 bits per heavy atom. The van der Waals surface area contributed by atoms with Crippen LogP contribution in [-0.2, 0) is 9.59 Å². The Kier molecular flexibility index (Phi) is 5.37. The number of amides is 2. The molecule has 2 amide bonds. The Hall–Kier alpha value is -2.73. The second-order valence-electron chi connectivity index (χ2n) is 8.07. The van der Waals surface area contributed by atoms with Crippen LogP contribution in [-0.4, -0.2) is 56.2 Å². The lowest BCUT2D eigenvalue weighted by Gasteiger charge is -2.30. The van der Waals surface area contributed by atoms with E-state index in [1.54, 1.807) is 11.9 Å². The molecule has 152 valence electrons. The van der Waals surface area contributed by atoms with Gasteiger partial charge in [0.15, 0.2) is 0 Å². The maximum Gasteiger partial charge on any atom is 0.259 e. The fourth-order valence-electron chi connectivity index (χ4n) is 4.70. The average Bonchev–Trinajstić information content (AvgIpc) is 3.03. The summed E-state index contributed by atoms with van der Waals surface area (Å²) in [6.07, 6.45) is 3.51. The quantitative estimate of drug-likeness (QED) is 0.766. The molecule has 0 bridgehead atoms. The fourth-order valence-corrected chi connectivity index (χ4v) is 4.70. The summed E-state index contributed by atoms with van der Waals surface area (Å²) in [6.45, 7) is 2.15. The molecule has 2 aromatic rings. The summed E-state index contributed by atoms with van der Waals surface area (Å²) in [4.78, 5) is 40.6. The van der Waals surface area contributed by atoms with Crippen LogP contribution in [0.5, 0.6) is 0 Å². The molecule has 1 atom stereocenters. The van der Waals surface area contributed by atoms with Gasteiger partial charge in [-0.1, -0.05) is 18.2 Å². The summed E-state index contributed by atoms with van der Waals surface area (Å²) in [5.74, 6) is 0.193. The van der Waals surface area contributed by atoms with E-state index in [1.807, 2.05) is 18.2 Å². The number of rotatable bonds is 6. The monoisotopic (exact) mass is 393 g/mol. The first-order valence-electron chi connectivity index (χ1n) is 10.3. The van der Waals surface area contributed by atoms with Gasteiger partial charge < -0.3 is 15.0 Å². The van der Waals surface area contributed by atoms with Crippen molar-refractivity contribution in [1.82, 2.24) is 10.2 Å². The first kappa shape index (κ1) is 19.6. The van der Waals surface area contributed by atoms with Crippen molar-refractivity contribution >= 4 is 34.6 Å². The summed E-state index contributed by atoms with van der Waals surface area (Å²) in [7, 11) is 3.72. The van der Waals surface area contributed by atoms with Crippen molar-refractivity contribution in [3.05, 3.63) is 41.5 Å². The second-order valence-corrected chi connectivity index (χ2v) is 8.07. The first-order valence-corrected chi connectivity index (χ1v) is 10.3. The number of carbonyl (C=O) groups excluding carboxylic acids is 3. The molecule has 4 rings (SSSR count). The van der Waals surface area contributed by atoms with E-state index in [2.05, 4.69) is 29.4 Å². The molecule has 0 spiro atoms. The maximum absolute atomic E-state index is 13.2. The van der Waals surface area contributed by atoms with Crippen LogP contribution in [0.1, 0.15) is 47.5 Å². The Balaban J connectivity index is 1.72. The molecule has 2 aliphatic heterocycles. The van der Waals surface area contributed by atoms with Gasteiger partial charge in [-0.25, -0.2) is 0 Å². The predicted octanol–water partition coefficient (Wildman–Crippen LogP) is 2.70. The lowest BCUT2D eigenvalue weighted by molar-refractivity contribution is -0.120. The molecule has 1 saturated heterocycles. The smallest absolute Gasteiger partial charge is 0.259 e. The molecule has 1 N–H and O–H groups in total. The maximum atomic E-state index is 13.2. The van der Waals surface area contributed by atoms with Crippen molar-refractivity contribution in [2.45, 2.75) is 37.6 Å². The van der Waals surface area contributed by atoms with Crippen LogP contribution in [0, 0.1) is 0 Å². The van der Waals surface area contributed by atoms with Gasteiger partial charge in [0, 0.05) is 24.4 Å². The van der Waals surface area contributed by atoms with Crippen molar-refractivity contribution in [2.24, 2.45) is 0 Å². The third-order valence-corrected chi connectivity index (χ3v) is 6.35. The zero-order valence-electron chi connectivity index (χ0n) is 17.0. The van der Waals surface area contributed by atoms with Gasteiger partial charge in [0.05, 0.1) is 11.7 Å². The van der Waals surface area contributed by atoms with Gasteiger partial charge in [0.2, 0.25) is 5.91 Å². The Labute approximate surface area is 170 Å². The van der Waals surface area contributed by atoms with E-state index >= 15 is 0 Å². The number of hydrogen-bond acceptors (Lipinski definition) is 4. The molecule has 1 fully saturated rings. The van der Waals surface area contributed by atoms with Crippen molar-refractivity contribution in [2.75, 3.05) is 32.1 Å².